The molecule has 1 aliphatic carbocycles. The van der Waals surface area contributed by atoms with E-state index in [4.69, 9.17) is 0 Å². The summed E-state index contributed by atoms with van der Waals surface area (Å²) in [5, 5.41) is 4.44. The maximum atomic E-state index is 4.51. The summed E-state index contributed by atoms with van der Waals surface area (Å²) in [6, 6.07) is 0.505. The summed E-state index contributed by atoms with van der Waals surface area (Å²) in [6.45, 7) is 5.22. The van der Waals surface area contributed by atoms with Crippen molar-refractivity contribution in [1.82, 2.24) is 24.6 Å². The number of aromatic nitrogens is 4. The molecule has 1 saturated carbocycles. The Balaban J connectivity index is 1.37. The smallest absolute Gasteiger partial charge is 0.131 e. The monoisotopic (exact) mass is 283 g/mol. The zero-order chi connectivity index (χ0) is 14.2. The molecule has 3 heterocycles. The van der Waals surface area contributed by atoms with Gasteiger partial charge in [0.1, 0.15) is 5.82 Å². The lowest BCUT2D eigenvalue weighted by molar-refractivity contribution is 0.311. The summed E-state index contributed by atoms with van der Waals surface area (Å²) < 4.78 is 2.11. The van der Waals surface area contributed by atoms with Gasteiger partial charge in [-0.15, -0.1) is 0 Å². The van der Waals surface area contributed by atoms with Crippen molar-refractivity contribution in [3.63, 3.8) is 0 Å². The maximum absolute atomic E-state index is 4.51. The van der Waals surface area contributed by atoms with Crippen molar-refractivity contribution < 1.29 is 0 Å². The number of nitrogens with zero attached hydrogens (tertiary/aromatic N) is 5. The van der Waals surface area contributed by atoms with Gasteiger partial charge in [0.05, 0.1) is 12.2 Å². The molecule has 1 atom stereocenters. The summed E-state index contributed by atoms with van der Waals surface area (Å²) in [4.78, 5) is 11.5. The molecule has 5 heteroatoms. The highest BCUT2D eigenvalue weighted by Crippen LogP contribution is 2.37. The highest BCUT2D eigenvalue weighted by Gasteiger charge is 2.27. The van der Waals surface area contributed by atoms with Crippen LogP contribution in [-0.2, 0) is 6.54 Å². The first kappa shape index (κ1) is 13.0. The summed E-state index contributed by atoms with van der Waals surface area (Å²) in [5.41, 5.74) is 2.45. The molecule has 1 aliphatic heterocycles. The van der Waals surface area contributed by atoms with E-state index in [1.807, 2.05) is 18.6 Å². The molecule has 110 valence electrons. The van der Waals surface area contributed by atoms with Crippen LogP contribution in [0.4, 0.5) is 0 Å². The number of likely N-dealkylation sites (tertiary alicyclic amines) is 1. The Labute approximate surface area is 125 Å². The van der Waals surface area contributed by atoms with Gasteiger partial charge < -0.3 is 0 Å². The highest BCUT2D eigenvalue weighted by molar-refractivity contribution is 5.11. The first-order valence-corrected chi connectivity index (χ1v) is 7.82. The third kappa shape index (κ3) is 2.83. The van der Waals surface area contributed by atoms with Gasteiger partial charge >= 0.3 is 0 Å². The molecule has 0 spiro atoms. The molecule has 0 bridgehead atoms. The van der Waals surface area contributed by atoms with Crippen molar-refractivity contribution >= 4 is 0 Å². The summed E-state index contributed by atoms with van der Waals surface area (Å²) in [5.74, 6) is 1.67. The minimum Gasteiger partial charge on any atom is -0.297 e. The van der Waals surface area contributed by atoms with Crippen LogP contribution in [0.25, 0.3) is 0 Å². The Morgan fingerprint density at radius 1 is 1.14 bits per heavy atom. The Bertz CT molecular complexity index is 614. The first-order valence-electron chi connectivity index (χ1n) is 7.82. The van der Waals surface area contributed by atoms with E-state index in [2.05, 4.69) is 37.8 Å². The van der Waals surface area contributed by atoms with Crippen LogP contribution in [0.5, 0.6) is 0 Å². The van der Waals surface area contributed by atoms with E-state index in [-0.39, 0.29) is 0 Å². The fourth-order valence-corrected chi connectivity index (χ4v) is 3.06. The SMILES string of the molecule is Cc1cnn(C2CCN(Cc3cnc(C4CC4)nc3)C2)c1. The van der Waals surface area contributed by atoms with Gasteiger partial charge in [0.25, 0.3) is 0 Å². The molecule has 0 N–H and O–H groups in total. The molecule has 1 saturated heterocycles. The lowest BCUT2D eigenvalue weighted by Gasteiger charge is -2.16. The molecule has 2 fully saturated rings. The normalized spacial score (nSPS) is 22.8. The number of aryl methyl sites for hydroxylation is 1. The van der Waals surface area contributed by atoms with Crippen molar-refractivity contribution in [3.05, 3.63) is 41.7 Å². The molecular formula is C16H21N5. The van der Waals surface area contributed by atoms with Crippen molar-refractivity contribution in [2.24, 2.45) is 0 Å². The van der Waals surface area contributed by atoms with Crippen molar-refractivity contribution in [3.8, 4) is 0 Å². The van der Waals surface area contributed by atoms with Crippen LogP contribution in [0.15, 0.2) is 24.8 Å². The molecular weight excluding hydrogens is 262 g/mol. The van der Waals surface area contributed by atoms with Crippen molar-refractivity contribution in [2.45, 2.75) is 44.7 Å². The fourth-order valence-electron chi connectivity index (χ4n) is 3.06. The van der Waals surface area contributed by atoms with E-state index in [0.29, 0.717) is 12.0 Å². The van der Waals surface area contributed by atoms with Crippen LogP contribution in [0.3, 0.4) is 0 Å². The number of hydrogen-bond acceptors (Lipinski definition) is 4. The van der Waals surface area contributed by atoms with Gasteiger partial charge in [-0.3, -0.25) is 9.58 Å². The van der Waals surface area contributed by atoms with Crippen LogP contribution in [0.1, 0.15) is 48.2 Å². The minimum absolute atomic E-state index is 0.505. The Morgan fingerprint density at radius 2 is 1.95 bits per heavy atom. The van der Waals surface area contributed by atoms with Gasteiger partial charge in [0.15, 0.2) is 0 Å². The Kier molecular flexibility index (Phi) is 3.22. The van der Waals surface area contributed by atoms with E-state index in [9.17, 15) is 0 Å². The van der Waals surface area contributed by atoms with E-state index < -0.39 is 0 Å². The molecule has 0 radical (unpaired) electrons. The lowest BCUT2D eigenvalue weighted by Crippen LogP contribution is -2.21. The second-order valence-corrected chi connectivity index (χ2v) is 6.40. The summed E-state index contributed by atoms with van der Waals surface area (Å²) in [6.07, 6.45) is 11.8. The largest absolute Gasteiger partial charge is 0.297 e. The minimum atomic E-state index is 0.505. The van der Waals surface area contributed by atoms with E-state index in [1.165, 1.54) is 30.4 Å². The van der Waals surface area contributed by atoms with E-state index >= 15 is 0 Å². The van der Waals surface area contributed by atoms with Gasteiger partial charge in [0.2, 0.25) is 0 Å². The van der Waals surface area contributed by atoms with Gasteiger partial charge in [-0.05, 0) is 31.7 Å². The first-order chi connectivity index (χ1) is 10.3. The molecule has 0 aromatic carbocycles. The predicted octanol–water partition coefficient (Wildman–Crippen LogP) is 2.31. The summed E-state index contributed by atoms with van der Waals surface area (Å²) in [7, 11) is 0. The molecule has 21 heavy (non-hydrogen) atoms. The Hall–Kier alpha value is -1.75. The van der Waals surface area contributed by atoms with Crippen LogP contribution >= 0.6 is 0 Å². The van der Waals surface area contributed by atoms with Crippen LogP contribution in [0, 0.1) is 6.92 Å². The average Bonchev–Trinajstić information content (AvgIpc) is 3.09. The maximum Gasteiger partial charge on any atom is 0.131 e. The van der Waals surface area contributed by atoms with E-state index in [0.717, 1.165) is 25.5 Å². The summed E-state index contributed by atoms with van der Waals surface area (Å²) >= 11 is 0. The number of rotatable bonds is 4. The standard InChI is InChI=1S/C16H21N5/c1-12-6-19-21(9-12)15-4-5-20(11-15)10-13-7-17-16(18-8-13)14-2-3-14/h6-9,14-15H,2-5,10-11H2,1H3. The van der Waals surface area contributed by atoms with Crippen LogP contribution in [0.2, 0.25) is 0 Å². The Morgan fingerprint density at radius 3 is 2.62 bits per heavy atom. The van der Waals surface area contributed by atoms with Crippen LogP contribution < -0.4 is 0 Å². The molecule has 5 nitrogen and oxygen atoms in total. The van der Waals surface area contributed by atoms with E-state index in [1.54, 1.807) is 0 Å². The third-order valence-electron chi connectivity index (χ3n) is 4.43. The van der Waals surface area contributed by atoms with Crippen LogP contribution in [-0.4, -0.2) is 37.7 Å². The zero-order valence-electron chi connectivity index (χ0n) is 12.4. The molecule has 0 amide bonds. The highest BCUT2D eigenvalue weighted by atomic mass is 15.3. The predicted molar refractivity (Wildman–Crippen MR) is 79.9 cm³/mol. The zero-order valence-corrected chi connectivity index (χ0v) is 12.4. The second kappa shape index (κ2) is 5.22. The molecule has 2 aromatic rings. The van der Waals surface area contributed by atoms with Gasteiger partial charge in [0, 0.05) is 49.7 Å². The molecule has 2 aromatic heterocycles. The topological polar surface area (TPSA) is 46.8 Å². The quantitative estimate of drug-likeness (QED) is 0.864. The third-order valence-corrected chi connectivity index (χ3v) is 4.43. The molecule has 2 aliphatic rings. The molecule has 1 unspecified atom stereocenters. The van der Waals surface area contributed by atoms with Crippen molar-refractivity contribution in [2.75, 3.05) is 13.1 Å². The second-order valence-electron chi connectivity index (χ2n) is 6.40. The fraction of sp³-hybridized carbons (Fsp3) is 0.562. The van der Waals surface area contributed by atoms with Crippen molar-refractivity contribution in [1.29, 1.82) is 0 Å². The van der Waals surface area contributed by atoms with Gasteiger partial charge in [-0.2, -0.15) is 5.10 Å². The lowest BCUT2D eigenvalue weighted by atomic mass is 10.3. The van der Waals surface area contributed by atoms with Gasteiger partial charge in [-0.25, -0.2) is 9.97 Å². The number of hydrogen-bond donors (Lipinski definition) is 0. The molecule has 4 rings (SSSR count). The van der Waals surface area contributed by atoms with Gasteiger partial charge in [-0.1, -0.05) is 0 Å². The average molecular weight is 283 g/mol.